The first-order valence-electron chi connectivity index (χ1n) is 8.79. The molecule has 0 radical (unpaired) electrons. The Balaban J connectivity index is 1.48. The van der Waals surface area contributed by atoms with Crippen LogP contribution in [0.1, 0.15) is 12.5 Å². The number of aryl methyl sites for hydroxylation is 1. The van der Waals surface area contributed by atoms with E-state index >= 15 is 0 Å². The molecule has 2 aromatic carbocycles. The van der Waals surface area contributed by atoms with Crippen molar-refractivity contribution in [1.82, 2.24) is 9.36 Å². The fourth-order valence-corrected chi connectivity index (χ4v) is 3.58. The average molecular weight is 431 g/mol. The van der Waals surface area contributed by atoms with Crippen LogP contribution in [-0.2, 0) is 9.59 Å². The first-order chi connectivity index (χ1) is 13.9. The van der Waals surface area contributed by atoms with E-state index in [2.05, 4.69) is 20.0 Å². The van der Waals surface area contributed by atoms with Crippen molar-refractivity contribution in [2.75, 3.05) is 16.4 Å². The number of thioether (sulfide) groups is 1. The van der Waals surface area contributed by atoms with E-state index in [0.29, 0.717) is 16.5 Å². The van der Waals surface area contributed by atoms with Gasteiger partial charge in [0.2, 0.25) is 16.9 Å². The molecule has 0 aliphatic carbocycles. The highest BCUT2D eigenvalue weighted by atomic mass is 32.2. The number of hydrogen-bond donors (Lipinski definition) is 2. The minimum atomic E-state index is -0.447. The van der Waals surface area contributed by atoms with Gasteiger partial charge in [-0.2, -0.15) is 9.36 Å². The van der Waals surface area contributed by atoms with E-state index in [4.69, 9.17) is 0 Å². The van der Waals surface area contributed by atoms with Crippen molar-refractivity contribution in [3.05, 3.63) is 59.9 Å². The van der Waals surface area contributed by atoms with E-state index in [1.54, 1.807) is 19.1 Å². The molecule has 1 atom stereocenters. The van der Waals surface area contributed by atoms with Gasteiger partial charge in [-0.1, -0.05) is 17.7 Å². The minimum absolute atomic E-state index is 0.152. The molecule has 3 rings (SSSR count). The summed E-state index contributed by atoms with van der Waals surface area (Å²) in [6.07, 6.45) is 0. The molecule has 0 saturated carbocycles. The number of amides is 2. The summed E-state index contributed by atoms with van der Waals surface area (Å²) in [4.78, 5) is 28.6. The third-order valence-electron chi connectivity index (χ3n) is 3.93. The van der Waals surface area contributed by atoms with Gasteiger partial charge in [0.25, 0.3) is 0 Å². The molecule has 0 bridgehead atoms. The van der Waals surface area contributed by atoms with Crippen LogP contribution in [0, 0.1) is 12.7 Å². The summed E-state index contributed by atoms with van der Waals surface area (Å²) in [6.45, 7) is 3.70. The number of nitrogens with zero attached hydrogens (tertiary/aromatic N) is 2. The fourth-order valence-electron chi connectivity index (χ4n) is 2.31. The van der Waals surface area contributed by atoms with E-state index < -0.39 is 5.25 Å². The average Bonchev–Trinajstić information content (AvgIpc) is 3.17. The first-order valence-corrected chi connectivity index (χ1v) is 10.6. The fraction of sp³-hybridized carbons (Fsp3) is 0.200. The van der Waals surface area contributed by atoms with Crippen molar-refractivity contribution in [1.29, 1.82) is 0 Å². The molecule has 0 spiro atoms. The molecule has 9 heteroatoms. The maximum Gasteiger partial charge on any atom is 0.239 e. The Morgan fingerprint density at radius 2 is 1.79 bits per heavy atom. The molecule has 6 nitrogen and oxygen atoms in total. The summed E-state index contributed by atoms with van der Waals surface area (Å²) in [6, 6.07) is 13.3. The zero-order valence-corrected chi connectivity index (χ0v) is 17.4. The van der Waals surface area contributed by atoms with Gasteiger partial charge in [-0.3, -0.25) is 14.9 Å². The van der Waals surface area contributed by atoms with E-state index in [1.807, 2.05) is 31.2 Å². The second-order valence-corrected chi connectivity index (χ2v) is 8.37. The predicted molar refractivity (Wildman–Crippen MR) is 116 cm³/mol. The van der Waals surface area contributed by atoms with Gasteiger partial charge in [-0.15, -0.1) is 11.8 Å². The van der Waals surface area contributed by atoms with E-state index in [-0.39, 0.29) is 23.4 Å². The van der Waals surface area contributed by atoms with Crippen LogP contribution in [0.15, 0.2) is 48.5 Å². The molecular weight excluding hydrogens is 411 g/mol. The zero-order valence-electron chi connectivity index (χ0n) is 15.8. The van der Waals surface area contributed by atoms with Gasteiger partial charge < -0.3 is 5.32 Å². The van der Waals surface area contributed by atoms with E-state index in [0.717, 1.165) is 22.8 Å². The minimum Gasteiger partial charge on any atom is -0.325 e. The van der Waals surface area contributed by atoms with Crippen molar-refractivity contribution >= 4 is 45.9 Å². The molecule has 2 N–H and O–H groups in total. The van der Waals surface area contributed by atoms with Gasteiger partial charge >= 0.3 is 0 Å². The van der Waals surface area contributed by atoms with E-state index in [9.17, 15) is 14.0 Å². The van der Waals surface area contributed by atoms with Gasteiger partial charge in [0, 0.05) is 22.8 Å². The Kier molecular flexibility index (Phi) is 6.95. The second kappa shape index (κ2) is 9.62. The maximum atomic E-state index is 13.0. The lowest BCUT2D eigenvalue weighted by molar-refractivity contribution is -0.115. The molecule has 1 heterocycles. The van der Waals surface area contributed by atoms with Gasteiger partial charge in [0.05, 0.1) is 11.0 Å². The molecule has 0 aliphatic rings. The highest BCUT2D eigenvalue weighted by Crippen LogP contribution is 2.22. The Bertz CT molecular complexity index is 990. The topological polar surface area (TPSA) is 84.0 Å². The van der Waals surface area contributed by atoms with Crippen LogP contribution in [0.2, 0.25) is 0 Å². The number of carbonyl (C=O) groups is 2. The molecule has 0 saturated heterocycles. The van der Waals surface area contributed by atoms with Crippen LogP contribution in [0.4, 0.5) is 15.2 Å². The van der Waals surface area contributed by atoms with Crippen molar-refractivity contribution in [3.8, 4) is 11.4 Å². The molecule has 3 aromatic rings. The molecule has 150 valence electrons. The molecule has 1 unspecified atom stereocenters. The maximum absolute atomic E-state index is 13.0. The summed E-state index contributed by atoms with van der Waals surface area (Å²) in [5, 5.41) is 5.41. The van der Waals surface area contributed by atoms with Crippen LogP contribution < -0.4 is 10.6 Å². The monoisotopic (exact) mass is 430 g/mol. The van der Waals surface area contributed by atoms with Crippen molar-refractivity contribution in [3.63, 3.8) is 0 Å². The van der Waals surface area contributed by atoms with Crippen LogP contribution in [0.5, 0.6) is 0 Å². The van der Waals surface area contributed by atoms with Gasteiger partial charge in [0.15, 0.2) is 5.82 Å². The molecule has 29 heavy (non-hydrogen) atoms. The van der Waals surface area contributed by atoms with Gasteiger partial charge in [0.1, 0.15) is 5.82 Å². The van der Waals surface area contributed by atoms with Crippen LogP contribution in [0.3, 0.4) is 0 Å². The smallest absolute Gasteiger partial charge is 0.239 e. The lowest BCUT2D eigenvalue weighted by atomic mass is 10.2. The standard InChI is InChI=1S/C20H19FN4O2S2/c1-12-3-9-16(10-4-12)22-17(26)11-28-13(2)19(27)24-20-23-18(25-29-20)14-5-7-15(21)8-6-14/h3-10,13H,11H2,1-2H3,(H,22,26)(H,23,24,25,27). The highest BCUT2D eigenvalue weighted by Gasteiger charge is 2.17. The van der Waals surface area contributed by atoms with Crippen LogP contribution in [-0.4, -0.2) is 32.2 Å². The predicted octanol–water partition coefficient (Wildman–Crippen LogP) is 4.35. The number of aromatic nitrogens is 2. The third-order valence-corrected chi connectivity index (χ3v) is 5.70. The lowest BCUT2D eigenvalue weighted by Crippen LogP contribution is -2.25. The highest BCUT2D eigenvalue weighted by molar-refractivity contribution is 8.01. The van der Waals surface area contributed by atoms with Gasteiger partial charge in [-0.25, -0.2) is 4.39 Å². The van der Waals surface area contributed by atoms with Crippen molar-refractivity contribution < 1.29 is 14.0 Å². The van der Waals surface area contributed by atoms with Crippen molar-refractivity contribution in [2.45, 2.75) is 19.1 Å². The molecular formula is C20H19FN4O2S2. The van der Waals surface area contributed by atoms with Crippen LogP contribution >= 0.6 is 23.3 Å². The number of carbonyl (C=O) groups excluding carboxylic acids is 2. The third kappa shape index (κ3) is 6.10. The number of anilines is 2. The van der Waals surface area contributed by atoms with Crippen LogP contribution in [0.25, 0.3) is 11.4 Å². The summed E-state index contributed by atoms with van der Waals surface area (Å²) in [5.74, 6) is -0.204. The quantitative estimate of drug-likeness (QED) is 0.582. The number of nitrogens with one attached hydrogen (secondary N) is 2. The van der Waals surface area contributed by atoms with Crippen molar-refractivity contribution in [2.24, 2.45) is 0 Å². The Morgan fingerprint density at radius 1 is 1.10 bits per heavy atom. The van der Waals surface area contributed by atoms with Gasteiger partial charge in [-0.05, 0) is 50.2 Å². The second-order valence-electron chi connectivity index (χ2n) is 6.29. The summed E-state index contributed by atoms with van der Waals surface area (Å²) in [7, 11) is 0. The summed E-state index contributed by atoms with van der Waals surface area (Å²) in [5.41, 5.74) is 2.50. The normalized spacial score (nSPS) is 11.7. The lowest BCUT2D eigenvalue weighted by Gasteiger charge is -2.10. The molecule has 1 aromatic heterocycles. The Hall–Kier alpha value is -2.78. The first kappa shape index (κ1) is 20.9. The molecule has 2 amide bonds. The Labute approximate surface area is 176 Å². The zero-order chi connectivity index (χ0) is 20.8. The SMILES string of the molecule is Cc1ccc(NC(=O)CSC(C)C(=O)Nc2nc(-c3ccc(F)cc3)ns2)cc1. The number of benzene rings is 2. The number of halogens is 1. The number of rotatable bonds is 7. The molecule has 0 aliphatic heterocycles. The molecule has 0 fully saturated rings. The Morgan fingerprint density at radius 3 is 2.48 bits per heavy atom. The number of hydrogen-bond acceptors (Lipinski definition) is 6. The largest absolute Gasteiger partial charge is 0.325 e. The van der Waals surface area contributed by atoms with E-state index in [1.165, 1.54) is 23.9 Å². The summed E-state index contributed by atoms with van der Waals surface area (Å²) < 4.78 is 17.2. The summed E-state index contributed by atoms with van der Waals surface area (Å²) >= 11 is 2.28.